The Labute approximate surface area is 115 Å². The summed E-state index contributed by atoms with van der Waals surface area (Å²) in [6.07, 6.45) is 1.47. The van der Waals surface area contributed by atoms with Gasteiger partial charge in [0.15, 0.2) is 0 Å². The van der Waals surface area contributed by atoms with E-state index in [0.29, 0.717) is 26.1 Å². The Morgan fingerprint density at radius 2 is 2.05 bits per heavy atom. The molecule has 4 nitrogen and oxygen atoms in total. The molecule has 1 aromatic carbocycles. The molecule has 1 unspecified atom stereocenters. The molecule has 0 N–H and O–H groups in total. The van der Waals surface area contributed by atoms with E-state index < -0.39 is 10.0 Å². The third-order valence-electron chi connectivity index (χ3n) is 3.31. The molecule has 0 saturated carbocycles. The van der Waals surface area contributed by atoms with Crippen molar-refractivity contribution < 1.29 is 13.2 Å². The molecule has 0 amide bonds. The van der Waals surface area contributed by atoms with Gasteiger partial charge in [0, 0.05) is 13.1 Å². The summed E-state index contributed by atoms with van der Waals surface area (Å²) in [4.78, 5) is 0. The third-order valence-corrected chi connectivity index (χ3v) is 5.23. The number of hydrogen-bond donors (Lipinski definition) is 0. The van der Waals surface area contributed by atoms with Crippen LogP contribution in [0, 0.1) is 0 Å². The van der Waals surface area contributed by atoms with E-state index in [-0.39, 0.29) is 11.9 Å². The third kappa shape index (κ3) is 4.30. The highest BCUT2D eigenvalue weighted by Gasteiger charge is 2.26. The number of sulfonamides is 1. The molecule has 1 fully saturated rings. The van der Waals surface area contributed by atoms with E-state index in [9.17, 15) is 8.42 Å². The van der Waals surface area contributed by atoms with Crippen molar-refractivity contribution in [3.8, 4) is 0 Å². The molecule has 0 radical (unpaired) electrons. The fourth-order valence-corrected chi connectivity index (χ4v) is 3.83. The van der Waals surface area contributed by atoms with Gasteiger partial charge in [0.25, 0.3) is 0 Å². The second kappa shape index (κ2) is 6.50. The van der Waals surface area contributed by atoms with Crippen LogP contribution in [0.4, 0.5) is 0 Å². The number of benzene rings is 1. The lowest BCUT2D eigenvalue weighted by Gasteiger charge is -2.30. The molecule has 0 bridgehead atoms. The van der Waals surface area contributed by atoms with Gasteiger partial charge < -0.3 is 4.74 Å². The minimum absolute atomic E-state index is 0.00218. The van der Waals surface area contributed by atoms with Crippen molar-refractivity contribution in [3.63, 3.8) is 0 Å². The zero-order valence-corrected chi connectivity index (χ0v) is 12.1. The predicted octanol–water partition coefficient (Wildman–Crippen LogP) is 1.67. The highest BCUT2D eigenvalue weighted by Crippen LogP contribution is 2.12. The lowest BCUT2D eigenvalue weighted by Crippen LogP contribution is -2.45. The molecule has 1 aliphatic rings. The molecular formula is C14H21NO3S. The molecule has 5 heteroatoms. The molecule has 19 heavy (non-hydrogen) atoms. The Morgan fingerprint density at radius 1 is 1.32 bits per heavy atom. The lowest BCUT2D eigenvalue weighted by molar-refractivity contribution is 0.0102. The summed E-state index contributed by atoms with van der Waals surface area (Å²) in [7, 11) is -3.13. The van der Waals surface area contributed by atoms with Crippen molar-refractivity contribution in [3.05, 3.63) is 35.9 Å². The van der Waals surface area contributed by atoms with Crippen LogP contribution in [0.25, 0.3) is 0 Å². The van der Waals surface area contributed by atoms with Crippen molar-refractivity contribution in [1.29, 1.82) is 0 Å². The second-order valence-corrected chi connectivity index (χ2v) is 7.03. The van der Waals surface area contributed by atoms with Crippen LogP contribution < -0.4 is 0 Å². The SMILES string of the molecule is CC1CN(S(=O)(=O)CCCc2ccccc2)CCO1. The maximum Gasteiger partial charge on any atom is 0.214 e. The van der Waals surface area contributed by atoms with E-state index in [1.165, 1.54) is 5.56 Å². The molecule has 2 rings (SSSR count). The average molecular weight is 283 g/mol. The van der Waals surface area contributed by atoms with Gasteiger partial charge in [0.1, 0.15) is 0 Å². The van der Waals surface area contributed by atoms with Gasteiger partial charge in [0.05, 0.1) is 18.5 Å². The summed E-state index contributed by atoms with van der Waals surface area (Å²) < 4.78 is 31.3. The normalized spacial score (nSPS) is 21.4. The van der Waals surface area contributed by atoms with Crippen LogP contribution >= 0.6 is 0 Å². The number of hydrogen-bond acceptors (Lipinski definition) is 3. The van der Waals surface area contributed by atoms with Crippen LogP contribution in [-0.4, -0.2) is 44.3 Å². The molecule has 1 aliphatic heterocycles. The fraction of sp³-hybridized carbons (Fsp3) is 0.571. The summed E-state index contributed by atoms with van der Waals surface area (Å²) in [5, 5.41) is 0. The first-order valence-electron chi connectivity index (χ1n) is 6.71. The largest absolute Gasteiger partial charge is 0.376 e. The van der Waals surface area contributed by atoms with E-state index in [1.54, 1.807) is 4.31 Å². The van der Waals surface area contributed by atoms with E-state index in [0.717, 1.165) is 6.42 Å². The monoisotopic (exact) mass is 283 g/mol. The topological polar surface area (TPSA) is 46.6 Å². The van der Waals surface area contributed by atoms with Gasteiger partial charge >= 0.3 is 0 Å². The molecule has 0 spiro atoms. The number of ether oxygens (including phenoxy) is 1. The zero-order valence-electron chi connectivity index (χ0n) is 11.3. The van der Waals surface area contributed by atoms with Gasteiger partial charge in [-0.05, 0) is 25.3 Å². The van der Waals surface area contributed by atoms with Gasteiger partial charge in [-0.1, -0.05) is 30.3 Å². The summed E-state index contributed by atoms with van der Waals surface area (Å²) in [6.45, 7) is 3.37. The van der Waals surface area contributed by atoms with Crippen LogP contribution in [0.5, 0.6) is 0 Å². The van der Waals surface area contributed by atoms with Crippen LogP contribution in [0.3, 0.4) is 0 Å². The first-order valence-corrected chi connectivity index (χ1v) is 8.32. The number of rotatable bonds is 5. The smallest absolute Gasteiger partial charge is 0.214 e. The predicted molar refractivity (Wildman–Crippen MR) is 75.5 cm³/mol. The van der Waals surface area contributed by atoms with E-state index in [1.807, 2.05) is 37.3 Å². The van der Waals surface area contributed by atoms with Crippen LogP contribution in [0.1, 0.15) is 18.9 Å². The molecule has 0 aliphatic carbocycles. The van der Waals surface area contributed by atoms with Gasteiger partial charge in [-0.25, -0.2) is 8.42 Å². The molecule has 1 aromatic rings. The summed E-state index contributed by atoms with van der Waals surface area (Å²) in [5.41, 5.74) is 1.19. The molecule has 0 aromatic heterocycles. The van der Waals surface area contributed by atoms with E-state index in [4.69, 9.17) is 4.74 Å². The van der Waals surface area contributed by atoms with Crippen molar-refractivity contribution in [2.24, 2.45) is 0 Å². The highest BCUT2D eigenvalue weighted by molar-refractivity contribution is 7.89. The number of nitrogens with zero attached hydrogens (tertiary/aromatic N) is 1. The van der Waals surface area contributed by atoms with Gasteiger partial charge in [-0.15, -0.1) is 0 Å². The first-order chi connectivity index (χ1) is 9.08. The van der Waals surface area contributed by atoms with Crippen molar-refractivity contribution in [1.82, 2.24) is 4.31 Å². The Bertz CT molecular complexity index is 487. The number of morpholine rings is 1. The Balaban J connectivity index is 1.84. The van der Waals surface area contributed by atoms with Crippen LogP contribution in [0.15, 0.2) is 30.3 Å². The summed E-state index contributed by atoms with van der Waals surface area (Å²) in [6, 6.07) is 9.99. The quantitative estimate of drug-likeness (QED) is 0.826. The molecule has 106 valence electrons. The fourth-order valence-electron chi connectivity index (χ4n) is 2.27. The molecule has 1 heterocycles. The van der Waals surface area contributed by atoms with E-state index in [2.05, 4.69) is 0 Å². The minimum atomic E-state index is -3.13. The Kier molecular flexibility index (Phi) is 4.96. The van der Waals surface area contributed by atoms with Gasteiger partial charge in [0.2, 0.25) is 10.0 Å². The van der Waals surface area contributed by atoms with Crippen molar-refractivity contribution in [2.45, 2.75) is 25.9 Å². The molecule has 1 atom stereocenters. The van der Waals surface area contributed by atoms with Crippen LogP contribution in [0.2, 0.25) is 0 Å². The Morgan fingerprint density at radius 3 is 2.74 bits per heavy atom. The zero-order chi connectivity index (χ0) is 13.7. The average Bonchev–Trinajstić information content (AvgIpc) is 2.40. The van der Waals surface area contributed by atoms with Crippen molar-refractivity contribution >= 4 is 10.0 Å². The minimum Gasteiger partial charge on any atom is -0.376 e. The molecular weight excluding hydrogens is 262 g/mol. The lowest BCUT2D eigenvalue weighted by atomic mass is 10.1. The number of aryl methyl sites for hydroxylation is 1. The maximum absolute atomic E-state index is 12.2. The second-order valence-electron chi connectivity index (χ2n) is 4.94. The first kappa shape index (κ1) is 14.5. The van der Waals surface area contributed by atoms with E-state index >= 15 is 0 Å². The van der Waals surface area contributed by atoms with Gasteiger partial charge in [-0.2, -0.15) is 4.31 Å². The molecule has 1 saturated heterocycles. The van der Waals surface area contributed by atoms with Crippen LogP contribution in [-0.2, 0) is 21.2 Å². The summed E-state index contributed by atoms with van der Waals surface area (Å²) in [5.74, 6) is 0.217. The summed E-state index contributed by atoms with van der Waals surface area (Å²) >= 11 is 0. The maximum atomic E-state index is 12.2. The highest BCUT2D eigenvalue weighted by atomic mass is 32.2. The standard InChI is InChI=1S/C14H21NO3S/c1-13-12-15(9-10-18-13)19(16,17)11-5-8-14-6-3-2-4-7-14/h2-4,6-7,13H,5,8-12H2,1H3. The van der Waals surface area contributed by atoms with Gasteiger partial charge in [-0.3, -0.25) is 0 Å². The Hall–Kier alpha value is -0.910. The van der Waals surface area contributed by atoms with Crippen molar-refractivity contribution in [2.75, 3.05) is 25.4 Å².